The predicted molar refractivity (Wildman–Crippen MR) is 87.7 cm³/mol. The molecule has 1 heteroatoms. The zero-order valence-corrected chi connectivity index (χ0v) is 12.8. The summed E-state index contributed by atoms with van der Waals surface area (Å²) in [5.41, 5.74) is 4.74. The van der Waals surface area contributed by atoms with Crippen LogP contribution in [0, 0.1) is 0 Å². The lowest BCUT2D eigenvalue weighted by atomic mass is 9.92. The summed E-state index contributed by atoms with van der Waals surface area (Å²) >= 11 is 0. The van der Waals surface area contributed by atoms with Gasteiger partial charge in [-0.25, -0.2) is 0 Å². The van der Waals surface area contributed by atoms with E-state index in [1.165, 1.54) is 11.1 Å². The SMILES string of the molecule is C=C/C(=C\C=C(C)C)c1ccc(C(CC)CCF)cc1. The highest BCUT2D eigenvalue weighted by atomic mass is 19.1. The van der Waals surface area contributed by atoms with Crippen LogP contribution >= 0.6 is 0 Å². The second kappa shape index (κ2) is 8.52. The molecule has 108 valence electrons. The van der Waals surface area contributed by atoms with Gasteiger partial charge in [-0.3, -0.25) is 4.39 Å². The molecule has 0 bridgehead atoms. The lowest BCUT2D eigenvalue weighted by molar-refractivity contribution is 0.433. The van der Waals surface area contributed by atoms with Crippen LogP contribution < -0.4 is 0 Å². The van der Waals surface area contributed by atoms with Crippen molar-refractivity contribution < 1.29 is 4.39 Å². The van der Waals surface area contributed by atoms with Crippen molar-refractivity contribution in [2.24, 2.45) is 0 Å². The molecule has 0 aliphatic heterocycles. The largest absolute Gasteiger partial charge is 0.251 e. The van der Waals surface area contributed by atoms with E-state index in [0.29, 0.717) is 12.3 Å². The van der Waals surface area contributed by atoms with E-state index in [2.05, 4.69) is 63.8 Å². The van der Waals surface area contributed by atoms with Gasteiger partial charge in [-0.15, -0.1) is 0 Å². The summed E-state index contributed by atoms with van der Waals surface area (Å²) in [5, 5.41) is 0. The molecule has 1 rings (SSSR count). The Hall–Kier alpha value is -1.63. The highest BCUT2D eigenvalue weighted by molar-refractivity contribution is 5.74. The van der Waals surface area contributed by atoms with Gasteiger partial charge in [0.2, 0.25) is 0 Å². The van der Waals surface area contributed by atoms with Crippen molar-refractivity contribution in [3.8, 4) is 0 Å². The minimum atomic E-state index is -0.251. The standard InChI is InChI=1S/C19H25F/c1-5-16(8-7-15(3)4)18-9-11-19(12-10-18)17(6-2)13-14-20/h5,7-12,17H,1,6,13-14H2,2-4H3/b16-8+. The molecule has 0 aliphatic carbocycles. The van der Waals surface area contributed by atoms with Crippen LogP contribution in [0.5, 0.6) is 0 Å². The molecular weight excluding hydrogens is 247 g/mol. The second-order valence-electron chi connectivity index (χ2n) is 5.27. The number of hydrogen-bond donors (Lipinski definition) is 0. The van der Waals surface area contributed by atoms with Crippen LogP contribution in [0.4, 0.5) is 4.39 Å². The van der Waals surface area contributed by atoms with Crippen LogP contribution in [-0.2, 0) is 0 Å². The highest BCUT2D eigenvalue weighted by Crippen LogP contribution is 2.25. The van der Waals surface area contributed by atoms with Gasteiger partial charge < -0.3 is 0 Å². The number of benzene rings is 1. The van der Waals surface area contributed by atoms with Gasteiger partial charge in [0.05, 0.1) is 6.67 Å². The zero-order valence-electron chi connectivity index (χ0n) is 12.8. The van der Waals surface area contributed by atoms with E-state index in [1.807, 2.05) is 6.08 Å². The summed E-state index contributed by atoms with van der Waals surface area (Å²) < 4.78 is 12.5. The van der Waals surface area contributed by atoms with E-state index >= 15 is 0 Å². The van der Waals surface area contributed by atoms with Crippen molar-refractivity contribution in [3.63, 3.8) is 0 Å². The fourth-order valence-electron chi connectivity index (χ4n) is 2.22. The summed E-state index contributed by atoms with van der Waals surface area (Å²) in [6.07, 6.45) is 7.62. The van der Waals surface area contributed by atoms with Crippen molar-refractivity contribution in [2.45, 2.75) is 39.5 Å². The van der Waals surface area contributed by atoms with Crippen molar-refractivity contribution in [1.82, 2.24) is 0 Å². The maximum Gasteiger partial charge on any atom is 0.0900 e. The van der Waals surface area contributed by atoms with E-state index in [9.17, 15) is 4.39 Å². The van der Waals surface area contributed by atoms with E-state index < -0.39 is 0 Å². The van der Waals surface area contributed by atoms with Gasteiger partial charge in [0.25, 0.3) is 0 Å². The van der Waals surface area contributed by atoms with Crippen LogP contribution in [-0.4, -0.2) is 6.67 Å². The van der Waals surface area contributed by atoms with E-state index in [1.54, 1.807) is 0 Å². The average molecular weight is 272 g/mol. The molecule has 1 aromatic carbocycles. The molecule has 0 amide bonds. The summed E-state index contributed by atoms with van der Waals surface area (Å²) in [5.74, 6) is 0.322. The molecule has 0 saturated carbocycles. The first kappa shape index (κ1) is 16.4. The number of alkyl halides is 1. The van der Waals surface area contributed by atoms with Gasteiger partial charge in [-0.05, 0) is 49.3 Å². The Labute approximate surface area is 122 Å². The molecule has 1 atom stereocenters. The van der Waals surface area contributed by atoms with Gasteiger partial charge in [-0.2, -0.15) is 0 Å². The Bertz CT molecular complexity index is 473. The second-order valence-corrected chi connectivity index (χ2v) is 5.27. The molecule has 0 heterocycles. The number of halogens is 1. The minimum Gasteiger partial charge on any atom is -0.251 e. The third-order valence-electron chi connectivity index (χ3n) is 3.48. The Morgan fingerprint density at radius 1 is 1.20 bits per heavy atom. The van der Waals surface area contributed by atoms with Crippen molar-refractivity contribution >= 4 is 5.57 Å². The topological polar surface area (TPSA) is 0 Å². The number of hydrogen-bond acceptors (Lipinski definition) is 0. The molecule has 0 aromatic heterocycles. The lowest BCUT2D eigenvalue weighted by Crippen LogP contribution is -1.98. The van der Waals surface area contributed by atoms with Gasteiger partial charge >= 0.3 is 0 Å². The zero-order chi connectivity index (χ0) is 15.0. The smallest absolute Gasteiger partial charge is 0.0900 e. The first-order valence-corrected chi connectivity index (χ1v) is 7.26. The Morgan fingerprint density at radius 2 is 1.85 bits per heavy atom. The highest BCUT2D eigenvalue weighted by Gasteiger charge is 2.09. The predicted octanol–water partition coefficient (Wildman–Crippen LogP) is 6.08. The lowest BCUT2D eigenvalue weighted by Gasteiger charge is -2.14. The van der Waals surface area contributed by atoms with Crippen LogP contribution in [0.15, 0.2) is 54.6 Å². The van der Waals surface area contributed by atoms with Crippen molar-refractivity contribution in [1.29, 1.82) is 0 Å². The van der Waals surface area contributed by atoms with E-state index in [-0.39, 0.29) is 6.67 Å². The Kier molecular flexibility index (Phi) is 7.00. The fraction of sp³-hybridized carbons (Fsp3) is 0.368. The average Bonchev–Trinajstić information content (AvgIpc) is 2.46. The summed E-state index contributed by atoms with van der Waals surface area (Å²) in [4.78, 5) is 0. The third-order valence-corrected chi connectivity index (χ3v) is 3.48. The van der Waals surface area contributed by atoms with Crippen LogP contribution in [0.3, 0.4) is 0 Å². The summed E-state index contributed by atoms with van der Waals surface area (Å²) in [7, 11) is 0. The first-order valence-electron chi connectivity index (χ1n) is 7.26. The maximum atomic E-state index is 12.5. The van der Waals surface area contributed by atoms with Crippen molar-refractivity contribution in [3.05, 3.63) is 65.8 Å². The fourth-order valence-corrected chi connectivity index (χ4v) is 2.22. The molecule has 1 aromatic rings. The first-order chi connectivity index (χ1) is 9.62. The van der Waals surface area contributed by atoms with Gasteiger partial charge in [0, 0.05) is 0 Å². The van der Waals surface area contributed by atoms with Crippen LogP contribution in [0.25, 0.3) is 5.57 Å². The third kappa shape index (κ3) is 4.80. The van der Waals surface area contributed by atoms with Gasteiger partial charge in [-0.1, -0.05) is 61.6 Å². The normalized spacial score (nSPS) is 12.9. The Morgan fingerprint density at radius 3 is 2.30 bits per heavy atom. The number of rotatable bonds is 7. The molecule has 0 aliphatic rings. The Balaban J connectivity index is 2.97. The van der Waals surface area contributed by atoms with E-state index in [0.717, 1.165) is 17.6 Å². The minimum absolute atomic E-state index is 0.251. The monoisotopic (exact) mass is 272 g/mol. The quantitative estimate of drug-likeness (QED) is 0.528. The maximum absolute atomic E-state index is 12.5. The molecule has 0 spiro atoms. The van der Waals surface area contributed by atoms with Gasteiger partial charge in [0.1, 0.15) is 0 Å². The molecule has 0 saturated heterocycles. The molecule has 0 radical (unpaired) electrons. The molecule has 20 heavy (non-hydrogen) atoms. The number of allylic oxidation sites excluding steroid dienone is 5. The van der Waals surface area contributed by atoms with Crippen LogP contribution in [0.2, 0.25) is 0 Å². The van der Waals surface area contributed by atoms with Crippen molar-refractivity contribution in [2.75, 3.05) is 6.67 Å². The van der Waals surface area contributed by atoms with E-state index in [4.69, 9.17) is 0 Å². The molecule has 0 fully saturated rings. The summed E-state index contributed by atoms with van der Waals surface area (Å²) in [6, 6.07) is 8.42. The molecule has 1 unspecified atom stereocenters. The molecular formula is C19H25F. The molecule has 0 nitrogen and oxygen atoms in total. The summed E-state index contributed by atoms with van der Waals surface area (Å²) in [6.45, 7) is 9.87. The van der Waals surface area contributed by atoms with Crippen LogP contribution in [0.1, 0.15) is 50.7 Å². The molecule has 0 N–H and O–H groups in total. The van der Waals surface area contributed by atoms with Gasteiger partial charge in [0.15, 0.2) is 0 Å².